The largest absolute Gasteiger partial charge is 0.466 e. The molecule has 0 radical (unpaired) electrons. The van der Waals surface area contributed by atoms with Crippen molar-refractivity contribution in [1.29, 1.82) is 0 Å². The quantitative estimate of drug-likeness (QED) is 0.715. The number of benzene rings is 1. The molecule has 9 heteroatoms. The average Bonchev–Trinajstić information content (AvgIpc) is 2.79. The third-order valence-corrected chi connectivity index (χ3v) is 5.51. The minimum Gasteiger partial charge on any atom is -0.466 e. The van der Waals surface area contributed by atoms with E-state index in [0.29, 0.717) is 48.1 Å². The van der Waals surface area contributed by atoms with Crippen LogP contribution in [0.3, 0.4) is 0 Å². The minimum atomic E-state index is -0.769. The zero-order chi connectivity index (χ0) is 21.8. The highest BCUT2D eigenvalue weighted by atomic mass is 35.5. The first-order chi connectivity index (χ1) is 15.1. The lowest BCUT2D eigenvalue weighted by Gasteiger charge is -2.32. The standard InChI is InChI=1S/C22H22ClFN4O3/c1-30-22(29)19-18(13-28-8-10-31-11-9-28)26-21(17-4-2-3-7-25-17)27-20(19)15-6-5-14(24)12-16(15)23/h2-7,12,20H,8-11,13H2,1H3,(H,26,27). The van der Waals surface area contributed by atoms with E-state index in [1.54, 1.807) is 12.3 Å². The molecule has 31 heavy (non-hydrogen) atoms. The highest BCUT2D eigenvalue weighted by Gasteiger charge is 2.34. The van der Waals surface area contributed by atoms with E-state index in [9.17, 15) is 9.18 Å². The van der Waals surface area contributed by atoms with Crippen molar-refractivity contribution in [3.05, 3.63) is 76.0 Å². The number of hydrogen-bond donors (Lipinski definition) is 1. The molecule has 0 bridgehead atoms. The number of methoxy groups -OCH3 is 1. The molecule has 0 amide bonds. The van der Waals surface area contributed by atoms with Crippen LogP contribution in [0.2, 0.25) is 5.02 Å². The van der Waals surface area contributed by atoms with Crippen LogP contribution in [0.5, 0.6) is 0 Å². The number of pyridine rings is 1. The molecule has 1 fully saturated rings. The molecular weight excluding hydrogens is 423 g/mol. The zero-order valence-corrected chi connectivity index (χ0v) is 17.7. The predicted octanol–water partition coefficient (Wildman–Crippen LogP) is 2.72. The molecule has 2 aliphatic rings. The van der Waals surface area contributed by atoms with Gasteiger partial charge >= 0.3 is 5.97 Å². The van der Waals surface area contributed by atoms with Crippen molar-refractivity contribution in [1.82, 2.24) is 15.2 Å². The molecule has 7 nitrogen and oxygen atoms in total. The number of amidine groups is 1. The van der Waals surface area contributed by atoms with E-state index in [0.717, 1.165) is 13.1 Å². The summed E-state index contributed by atoms with van der Waals surface area (Å²) in [6, 6.07) is 8.78. The molecule has 2 aromatic rings. The van der Waals surface area contributed by atoms with Crippen LogP contribution in [0.4, 0.5) is 4.39 Å². The molecule has 1 saturated heterocycles. The molecule has 3 heterocycles. The Morgan fingerprint density at radius 2 is 2.13 bits per heavy atom. The third-order valence-electron chi connectivity index (χ3n) is 5.18. The molecule has 2 aliphatic heterocycles. The fourth-order valence-electron chi connectivity index (χ4n) is 3.63. The van der Waals surface area contributed by atoms with Crippen LogP contribution < -0.4 is 5.32 Å². The van der Waals surface area contributed by atoms with Crippen LogP contribution in [0.15, 0.2) is 58.9 Å². The Kier molecular flexibility index (Phi) is 6.60. The summed E-state index contributed by atoms with van der Waals surface area (Å²) in [6.45, 7) is 3.18. The molecule has 0 spiro atoms. The highest BCUT2D eigenvalue weighted by Crippen LogP contribution is 2.36. The number of carbonyl (C=O) groups excluding carboxylic acids is 1. The fraction of sp³-hybridized carbons (Fsp3) is 0.318. The molecule has 1 atom stereocenters. The number of morpholine rings is 1. The molecule has 1 aromatic heterocycles. The van der Waals surface area contributed by atoms with Gasteiger partial charge in [0.05, 0.1) is 25.9 Å². The molecular formula is C22H22ClFN4O3. The van der Waals surface area contributed by atoms with Gasteiger partial charge in [0.1, 0.15) is 17.6 Å². The molecule has 0 saturated carbocycles. The summed E-state index contributed by atoms with van der Waals surface area (Å²) in [4.78, 5) is 24.2. The second-order valence-corrected chi connectivity index (χ2v) is 7.57. The second kappa shape index (κ2) is 9.55. The van der Waals surface area contributed by atoms with Crippen LogP contribution in [0.1, 0.15) is 17.3 Å². The van der Waals surface area contributed by atoms with E-state index in [1.165, 1.54) is 19.2 Å². The number of aromatic nitrogens is 1. The van der Waals surface area contributed by atoms with Crippen molar-refractivity contribution in [2.45, 2.75) is 6.04 Å². The van der Waals surface area contributed by atoms with Crippen molar-refractivity contribution in [2.24, 2.45) is 4.99 Å². The van der Waals surface area contributed by atoms with E-state index in [1.807, 2.05) is 18.2 Å². The van der Waals surface area contributed by atoms with E-state index >= 15 is 0 Å². The maximum atomic E-state index is 13.7. The first-order valence-electron chi connectivity index (χ1n) is 9.89. The van der Waals surface area contributed by atoms with Gasteiger partial charge < -0.3 is 14.8 Å². The van der Waals surface area contributed by atoms with Crippen LogP contribution in [0.25, 0.3) is 0 Å². The van der Waals surface area contributed by atoms with Gasteiger partial charge in [-0.25, -0.2) is 9.18 Å². The summed E-state index contributed by atoms with van der Waals surface area (Å²) in [7, 11) is 1.32. The molecule has 1 N–H and O–H groups in total. The summed E-state index contributed by atoms with van der Waals surface area (Å²) in [5.74, 6) is -0.486. The molecule has 0 aliphatic carbocycles. The van der Waals surface area contributed by atoms with E-state index in [-0.39, 0.29) is 5.02 Å². The Morgan fingerprint density at radius 1 is 1.32 bits per heavy atom. The summed E-state index contributed by atoms with van der Waals surface area (Å²) in [5, 5.41) is 3.46. The summed E-state index contributed by atoms with van der Waals surface area (Å²) < 4.78 is 24.2. The van der Waals surface area contributed by atoms with Gasteiger partial charge in [0, 0.05) is 42.1 Å². The van der Waals surface area contributed by atoms with Crippen molar-refractivity contribution < 1.29 is 18.7 Å². The van der Waals surface area contributed by atoms with E-state index < -0.39 is 17.8 Å². The van der Waals surface area contributed by atoms with Crippen molar-refractivity contribution >= 4 is 23.4 Å². The van der Waals surface area contributed by atoms with Gasteiger partial charge in [-0.2, -0.15) is 0 Å². The summed E-state index contributed by atoms with van der Waals surface area (Å²) >= 11 is 6.36. The maximum absolute atomic E-state index is 13.7. The monoisotopic (exact) mass is 444 g/mol. The predicted molar refractivity (Wildman–Crippen MR) is 114 cm³/mol. The lowest BCUT2D eigenvalue weighted by Crippen LogP contribution is -2.43. The van der Waals surface area contributed by atoms with Crippen molar-refractivity contribution in [3.8, 4) is 0 Å². The molecule has 1 unspecified atom stereocenters. The van der Waals surface area contributed by atoms with Gasteiger partial charge in [0.15, 0.2) is 5.84 Å². The van der Waals surface area contributed by atoms with Gasteiger partial charge in [0.2, 0.25) is 0 Å². The van der Waals surface area contributed by atoms with Crippen molar-refractivity contribution in [3.63, 3.8) is 0 Å². The van der Waals surface area contributed by atoms with Crippen LogP contribution in [0, 0.1) is 5.82 Å². The number of ether oxygens (including phenoxy) is 2. The van der Waals surface area contributed by atoms with Gasteiger partial charge in [-0.1, -0.05) is 23.7 Å². The van der Waals surface area contributed by atoms with Crippen LogP contribution in [-0.2, 0) is 14.3 Å². The zero-order valence-electron chi connectivity index (χ0n) is 17.0. The van der Waals surface area contributed by atoms with E-state index in [2.05, 4.69) is 15.2 Å². The molecule has 1 aromatic carbocycles. The van der Waals surface area contributed by atoms with Crippen LogP contribution in [-0.4, -0.2) is 61.6 Å². The number of carbonyl (C=O) groups is 1. The Morgan fingerprint density at radius 3 is 2.81 bits per heavy atom. The molecule has 162 valence electrons. The van der Waals surface area contributed by atoms with E-state index in [4.69, 9.17) is 26.1 Å². The minimum absolute atomic E-state index is 0.183. The Bertz CT molecular complexity index is 1020. The topological polar surface area (TPSA) is 76.0 Å². The molecule has 4 rings (SSSR count). The summed E-state index contributed by atoms with van der Waals surface area (Å²) in [6.07, 6.45) is 1.67. The average molecular weight is 445 g/mol. The van der Waals surface area contributed by atoms with Gasteiger partial charge in [0.25, 0.3) is 0 Å². The number of aliphatic imine (C=N–C) groups is 1. The van der Waals surface area contributed by atoms with Gasteiger partial charge in [-0.15, -0.1) is 0 Å². The normalized spacial score (nSPS) is 19.6. The SMILES string of the molecule is COC(=O)C1=C(CN2CCOCC2)NC(c2ccccn2)=NC1c1ccc(F)cc1Cl. The smallest absolute Gasteiger partial charge is 0.338 e. The first-order valence-corrected chi connectivity index (χ1v) is 10.3. The Hall–Kier alpha value is -2.81. The fourth-order valence-corrected chi connectivity index (χ4v) is 3.91. The summed E-state index contributed by atoms with van der Waals surface area (Å²) in [5.41, 5.74) is 2.11. The van der Waals surface area contributed by atoms with Crippen molar-refractivity contribution in [2.75, 3.05) is 40.0 Å². The number of nitrogens with zero attached hydrogens (tertiary/aromatic N) is 3. The number of nitrogens with one attached hydrogen (secondary N) is 1. The lowest BCUT2D eigenvalue weighted by atomic mass is 9.95. The van der Waals surface area contributed by atoms with Crippen LogP contribution >= 0.6 is 11.6 Å². The van der Waals surface area contributed by atoms with Gasteiger partial charge in [-0.05, 0) is 24.3 Å². The number of hydrogen-bond acceptors (Lipinski definition) is 7. The Balaban J connectivity index is 1.82. The third kappa shape index (κ3) is 4.76. The van der Waals surface area contributed by atoms with Gasteiger partial charge in [-0.3, -0.25) is 14.9 Å². The second-order valence-electron chi connectivity index (χ2n) is 7.16. The number of halogens is 2. The maximum Gasteiger partial charge on any atom is 0.338 e. The highest BCUT2D eigenvalue weighted by molar-refractivity contribution is 6.31. The number of rotatable bonds is 5. The number of esters is 1. The first kappa shape index (κ1) is 21.4. The Labute approximate surface area is 184 Å². The lowest BCUT2D eigenvalue weighted by molar-refractivity contribution is -0.136.